The fraction of sp³-hybridized carbons (Fsp3) is 0.417. The van der Waals surface area contributed by atoms with Crippen molar-refractivity contribution in [3.8, 4) is 5.75 Å². The molecule has 4 nitrogen and oxygen atoms in total. The summed E-state index contributed by atoms with van der Waals surface area (Å²) >= 11 is 0. The monoisotopic (exact) mass is 223 g/mol. The highest BCUT2D eigenvalue weighted by Crippen LogP contribution is 2.18. The molecule has 0 atom stereocenters. The molecule has 0 saturated carbocycles. The molecule has 0 bridgehead atoms. The molecular formula is C12H17NO3. The van der Waals surface area contributed by atoms with Crippen molar-refractivity contribution >= 4 is 5.97 Å². The van der Waals surface area contributed by atoms with Gasteiger partial charge in [0.15, 0.2) is 0 Å². The van der Waals surface area contributed by atoms with Gasteiger partial charge >= 0.3 is 5.97 Å². The molecule has 0 saturated heterocycles. The Labute approximate surface area is 95.3 Å². The second kappa shape index (κ2) is 6.12. The van der Waals surface area contributed by atoms with E-state index in [9.17, 15) is 4.79 Å². The lowest BCUT2D eigenvalue weighted by Crippen LogP contribution is -2.11. The van der Waals surface area contributed by atoms with Gasteiger partial charge < -0.3 is 15.2 Å². The molecular weight excluding hydrogens is 206 g/mol. The van der Waals surface area contributed by atoms with Crippen molar-refractivity contribution in [3.63, 3.8) is 0 Å². The number of carbonyl (C=O) groups excluding carboxylic acids is 1. The number of aryl methyl sites for hydroxylation is 1. The molecule has 4 heteroatoms. The molecule has 0 aromatic heterocycles. The molecule has 1 aromatic carbocycles. The smallest absolute Gasteiger partial charge is 0.307 e. The van der Waals surface area contributed by atoms with E-state index in [2.05, 4.69) is 0 Å². The largest absolute Gasteiger partial charge is 0.496 e. The Morgan fingerprint density at radius 1 is 1.44 bits per heavy atom. The third kappa shape index (κ3) is 3.55. The zero-order valence-electron chi connectivity index (χ0n) is 9.66. The first-order valence-corrected chi connectivity index (χ1v) is 5.16. The highest BCUT2D eigenvalue weighted by Gasteiger charge is 2.03. The highest BCUT2D eigenvalue weighted by atomic mass is 16.5. The van der Waals surface area contributed by atoms with Gasteiger partial charge in [-0.3, -0.25) is 4.79 Å². The molecule has 0 amide bonds. The average molecular weight is 223 g/mol. The van der Waals surface area contributed by atoms with Crippen LogP contribution in [0.2, 0.25) is 0 Å². The quantitative estimate of drug-likeness (QED) is 0.766. The first kappa shape index (κ1) is 12.5. The van der Waals surface area contributed by atoms with Gasteiger partial charge in [0.1, 0.15) is 12.4 Å². The van der Waals surface area contributed by atoms with E-state index in [-0.39, 0.29) is 19.0 Å². The van der Waals surface area contributed by atoms with E-state index in [4.69, 9.17) is 15.2 Å². The molecule has 0 aliphatic rings. The SMILES string of the molecule is COc1ccc(COC(=O)CCN)cc1C. The minimum Gasteiger partial charge on any atom is -0.496 e. The lowest BCUT2D eigenvalue weighted by atomic mass is 10.1. The third-order valence-corrected chi connectivity index (χ3v) is 2.21. The van der Waals surface area contributed by atoms with Crippen LogP contribution in [-0.2, 0) is 16.1 Å². The summed E-state index contributed by atoms with van der Waals surface area (Å²) in [6.45, 7) is 2.55. The molecule has 88 valence electrons. The number of nitrogens with two attached hydrogens (primary N) is 1. The summed E-state index contributed by atoms with van der Waals surface area (Å²) in [7, 11) is 1.63. The number of ether oxygens (including phenoxy) is 2. The number of carbonyl (C=O) groups is 1. The molecule has 1 aromatic rings. The zero-order valence-corrected chi connectivity index (χ0v) is 9.66. The van der Waals surface area contributed by atoms with Crippen LogP contribution in [0.25, 0.3) is 0 Å². The predicted octanol–water partition coefficient (Wildman–Crippen LogP) is 1.40. The van der Waals surface area contributed by atoms with Gasteiger partial charge in [-0.2, -0.15) is 0 Å². The van der Waals surface area contributed by atoms with Gasteiger partial charge in [0, 0.05) is 6.54 Å². The summed E-state index contributed by atoms with van der Waals surface area (Å²) in [4.78, 5) is 11.1. The lowest BCUT2D eigenvalue weighted by molar-refractivity contribution is -0.144. The van der Waals surface area contributed by atoms with Crippen molar-refractivity contribution in [3.05, 3.63) is 29.3 Å². The number of hydrogen-bond acceptors (Lipinski definition) is 4. The van der Waals surface area contributed by atoms with Gasteiger partial charge in [-0.1, -0.05) is 6.07 Å². The molecule has 0 fully saturated rings. The Hall–Kier alpha value is -1.55. The van der Waals surface area contributed by atoms with E-state index in [0.717, 1.165) is 16.9 Å². The van der Waals surface area contributed by atoms with Crippen molar-refractivity contribution in [2.45, 2.75) is 20.0 Å². The second-order valence-electron chi connectivity index (χ2n) is 3.50. The van der Waals surface area contributed by atoms with Crippen molar-refractivity contribution in [2.75, 3.05) is 13.7 Å². The van der Waals surface area contributed by atoms with Crippen molar-refractivity contribution in [1.82, 2.24) is 0 Å². The van der Waals surface area contributed by atoms with Gasteiger partial charge in [0.2, 0.25) is 0 Å². The van der Waals surface area contributed by atoms with Crippen molar-refractivity contribution in [2.24, 2.45) is 5.73 Å². The van der Waals surface area contributed by atoms with Gasteiger partial charge in [0.05, 0.1) is 13.5 Å². The van der Waals surface area contributed by atoms with E-state index >= 15 is 0 Å². The van der Waals surface area contributed by atoms with E-state index in [1.165, 1.54) is 0 Å². The summed E-state index contributed by atoms with van der Waals surface area (Å²) in [5.74, 6) is 0.563. The van der Waals surface area contributed by atoms with Gasteiger partial charge in [-0.05, 0) is 30.2 Å². The molecule has 0 aliphatic heterocycles. The Balaban J connectivity index is 2.55. The molecule has 0 aliphatic carbocycles. The summed E-state index contributed by atoms with van der Waals surface area (Å²) in [6, 6.07) is 5.68. The summed E-state index contributed by atoms with van der Waals surface area (Å²) in [6.07, 6.45) is 0.259. The van der Waals surface area contributed by atoms with Gasteiger partial charge in [-0.25, -0.2) is 0 Å². The topological polar surface area (TPSA) is 61.5 Å². The van der Waals surface area contributed by atoms with E-state index < -0.39 is 0 Å². The van der Waals surface area contributed by atoms with E-state index in [0.29, 0.717) is 6.54 Å². The van der Waals surface area contributed by atoms with Crippen LogP contribution in [0.5, 0.6) is 5.75 Å². The zero-order chi connectivity index (χ0) is 12.0. The molecule has 0 heterocycles. The second-order valence-corrected chi connectivity index (χ2v) is 3.50. The molecule has 1 rings (SSSR count). The maximum Gasteiger partial charge on any atom is 0.307 e. The summed E-state index contributed by atoms with van der Waals surface area (Å²) < 4.78 is 10.2. The van der Waals surface area contributed by atoms with Crippen LogP contribution in [0.1, 0.15) is 17.5 Å². The summed E-state index contributed by atoms with van der Waals surface area (Å²) in [5, 5.41) is 0. The Bertz CT molecular complexity index is 363. The van der Waals surface area contributed by atoms with Crippen LogP contribution in [-0.4, -0.2) is 19.6 Å². The van der Waals surface area contributed by atoms with Crippen LogP contribution in [0.4, 0.5) is 0 Å². The van der Waals surface area contributed by atoms with Crippen LogP contribution < -0.4 is 10.5 Å². The lowest BCUT2D eigenvalue weighted by Gasteiger charge is -2.08. The highest BCUT2D eigenvalue weighted by molar-refractivity contribution is 5.69. The maximum absolute atomic E-state index is 11.1. The average Bonchev–Trinajstić information content (AvgIpc) is 2.27. The first-order valence-electron chi connectivity index (χ1n) is 5.16. The van der Waals surface area contributed by atoms with Crippen molar-refractivity contribution in [1.29, 1.82) is 0 Å². The van der Waals surface area contributed by atoms with Gasteiger partial charge in [0.25, 0.3) is 0 Å². The fourth-order valence-electron chi connectivity index (χ4n) is 1.38. The minimum absolute atomic E-state index is 0.259. The molecule has 0 unspecified atom stereocenters. The van der Waals surface area contributed by atoms with Crippen LogP contribution in [0.3, 0.4) is 0 Å². The number of esters is 1. The molecule has 0 radical (unpaired) electrons. The van der Waals surface area contributed by atoms with Crippen LogP contribution >= 0.6 is 0 Å². The summed E-state index contributed by atoms with van der Waals surface area (Å²) in [5.41, 5.74) is 7.21. The van der Waals surface area contributed by atoms with E-state index in [1.54, 1.807) is 7.11 Å². The normalized spacial score (nSPS) is 9.94. The van der Waals surface area contributed by atoms with Gasteiger partial charge in [-0.15, -0.1) is 0 Å². The number of rotatable bonds is 5. The Morgan fingerprint density at radius 3 is 2.75 bits per heavy atom. The number of benzene rings is 1. The maximum atomic E-state index is 11.1. The third-order valence-electron chi connectivity index (χ3n) is 2.21. The Kier molecular flexibility index (Phi) is 4.79. The van der Waals surface area contributed by atoms with Crippen LogP contribution in [0, 0.1) is 6.92 Å². The standard InChI is InChI=1S/C12H17NO3/c1-9-7-10(3-4-11(9)15-2)8-16-12(14)5-6-13/h3-4,7H,5-6,8,13H2,1-2H3. The van der Waals surface area contributed by atoms with Crippen LogP contribution in [0.15, 0.2) is 18.2 Å². The Morgan fingerprint density at radius 2 is 2.19 bits per heavy atom. The van der Waals surface area contributed by atoms with E-state index in [1.807, 2.05) is 25.1 Å². The van der Waals surface area contributed by atoms with Crippen molar-refractivity contribution < 1.29 is 14.3 Å². The predicted molar refractivity (Wildman–Crippen MR) is 61.2 cm³/mol. The molecule has 16 heavy (non-hydrogen) atoms. The molecule has 0 spiro atoms. The number of hydrogen-bond donors (Lipinski definition) is 1. The molecule has 2 N–H and O–H groups in total. The number of methoxy groups -OCH3 is 1. The minimum atomic E-state index is -0.268. The fourth-order valence-corrected chi connectivity index (χ4v) is 1.38. The first-order chi connectivity index (χ1) is 7.67.